The Balaban J connectivity index is 1.55. The summed E-state index contributed by atoms with van der Waals surface area (Å²) < 4.78 is -0.272. The van der Waals surface area contributed by atoms with Crippen molar-refractivity contribution in [2.45, 2.75) is 36.1 Å². The number of carbonyl (C=O) groups excluding carboxylic acids is 2. The van der Waals surface area contributed by atoms with Gasteiger partial charge in [0.05, 0.1) is 0 Å². The van der Waals surface area contributed by atoms with Crippen LogP contribution >= 0.6 is 11.8 Å². The van der Waals surface area contributed by atoms with E-state index in [-0.39, 0.29) is 27.9 Å². The topological polar surface area (TPSA) is 133 Å². The number of H-pyrrole nitrogens is 2. The van der Waals surface area contributed by atoms with E-state index in [1.54, 1.807) is 22.9 Å². The van der Waals surface area contributed by atoms with Gasteiger partial charge in [-0.2, -0.15) is 0 Å². The van der Waals surface area contributed by atoms with E-state index in [0.717, 1.165) is 0 Å². The molecule has 0 radical (unpaired) electrons. The predicted molar refractivity (Wildman–Crippen MR) is 79.1 cm³/mol. The van der Waals surface area contributed by atoms with Crippen LogP contribution in [0.2, 0.25) is 0 Å². The summed E-state index contributed by atoms with van der Waals surface area (Å²) in [6, 6.07) is -0.825. The van der Waals surface area contributed by atoms with Crippen LogP contribution in [0.3, 0.4) is 0 Å². The fourth-order valence-corrected chi connectivity index (χ4v) is 4.71. The number of aromatic nitrogens is 6. The zero-order valence-corrected chi connectivity index (χ0v) is 13.2. The summed E-state index contributed by atoms with van der Waals surface area (Å²) in [6.45, 7) is 4.06. The molecular weight excluding hydrogens is 320 g/mol. The van der Waals surface area contributed by atoms with E-state index in [1.807, 2.05) is 13.8 Å². The predicted octanol–water partition coefficient (Wildman–Crippen LogP) is -0.544. The van der Waals surface area contributed by atoms with Crippen molar-refractivity contribution in [3.63, 3.8) is 0 Å². The van der Waals surface area contributed by atoms with E-state index in [4.69, 9.17) is 0 Å². The number of β-lactam (4-membered cyclic amide) rings is 1. The fraction of sp³-hybridized carbons (Fsp3) is 0.500. The van der Waals surface area contributed by atoms with Crippen molar-refractivity contribution in [3.05, 3.63) is 24.0 Å². The molecular formula is C12H14N8O2S. The summed E-state index contributed by atoms with van der Waals surface area (Å²) in [4.78, 5) is 33.0. The normalized spacial score (nSPS) is 28.3. The van der Waals surface area contributed by atoms with E-state index in [0.29, 0.717) is 5.82 Å². The first-order valence-corrected chi connectivity index (χ1v) is 7.91. The molecule has 2 aromatic heterocycles. The van der Waals surface area contributed by atoms with Crippen molar-refractivity contribution in [2.75, 3.05) is 0 Å². The van der Waals surface area contributed by atoms with Crippen LogP contribution in [0.5, 0.6) is 0 Å². The largest absolute Gasteiger partial charge is 0.341 e. The Labute approximate surface area is 134 Å². The molecule has 2 saturated heterocycles. The lowest BCUT2D eigenvalue weighted by Crippen LogP contribution is -2.67. The molecule has 2 unspecified atom stereocenters. The van der Waals surface area contributed by atoms with Gasteiger partial charge in [-0.15, -0.1) is 16.9 Å². The highest BCUT2D eigenvalue weighted by molar-refractivity contribution is 8.01. The number of thioether (sulfide) groups is 1. The van der Waals surface area contributed by atoms with Crippen LogP contribution in [0.15, 0.2) is 12.4 Å². The Hall–Kier alpha value is -2.43. The van der Waals surface area contributed by atoms with E-state index >= 15 is 0 Å². The Morgan fingerprint density at radius 3 is 2.96 bits per heavy atom. The maximum absolute atomic E-state index is 12.5. The number of nitrogens with zero attached hydrogens (tertiary/aromatic N) is 5. The highest BCUT2D eigenvalue weighted by Gasteiger charge is 2.63. The molecule has 23 heavy (non-hydrogen) atoms. The molecule has 11 heteroatoms. The first-order chi connectivity index (χ1) is 11.0. The minimum absolute atomic E-state index is 0.144. The van der Waals surface area contributed by atoms with Crippen LogP contribution in [0.4, 0.5) is 0 Å². The maximum Gasteiger partial charge on any atom is 0.287 e. The lowest BCUT2D eigenvalue weighted by Gasteiger charge is -2.44. The van der Waals surface area contributed by atoms with E-state index in [1.165, 1.54) is 6.20 Å². The summed E-state index contributed by atoms with van der Waals surface area (Å²) in [5.41, 5.74) is 0. The zero-order chi connectivity index (χ0) is 16.2. The van der Waals surface area contributed by atoms with Crippen LogP contribution in [-0.2, 0) is 4.79 Å². The van der Waals surface area contributed by atoms with Gasteiger partial charge < -0.3 is 15.2 Å². The van der Waals surface area contributed by atoms with Gasteiger partial charge >= 0.3 is 0 Å². The van der Waals surface area contributed by atoms with Crippen LogP contribution in [0.25, 0.3) is 0 Å². The summed E-state index contributed by atoms with van der Waals surface area (Å²) in [7, 11) is 0. The third-order valence-electron chi connectivity index (χ3n) is 4.06. The van der Waals surface area contributed by atoms with Crippen LogP contribution in [-0.4, -0.2) is 63.5 Å². The molecule has 0 spiro atoms. The number of hydrogen-bond acceptors (Lipinski definition) is 7. The molecule has 120 valence electrons. The number of hydrogen-bond donors (Lipinski definition) is 3. The molecule has 2 aliphatic rings. The highest BCUT2D eigenvalue weighted by Crippen LogP contribution is 2.56. The number of aromatic amines is 2. The summed E-state index contributed by atoms with van der Waals surface area (Å²) >= 11 is 1.62. The lowest BCUT2D eigenvalue weighted by molar-refractivity contribution is -0.148. The first kappa shape index (κ1) is 14.2. The van der Waals surface area contributed by atoms with E-state index in [2.05, 4.69) is 35.9 Å². The molecule has 3 atom stereocenters. The number of carbonyl (C=O) groups is 2. The van der Waals surface area contributed by atoms with Gasteiger partial charge in [0.15, 0.2) is 11.6 Å². The minimum atomic E-state index is -0.572. The molecule has 2 amide bonds. The molecule has 0 aliphatic carbocycles. The van der Waals surface area contributed by atoms with Gasteiger partial charge in [-0.05, 0) is 24.3 Å². The third kappa shape index (κ3) is 2.03. The molecule has 4 rings (SSSR count). The Kier molecular flexibility index (Phi) is 2.95. The van der Waals surface area contributed by atoms with Gasteiger partial charge in [-0.25, -0.2) is 10.1 Å². The quantitative estimate of drug-likeness (QED) is 0.642. The van der Waals surface area contributed by atoms with Gasteiger partial charge in [0, 0.05) is 17.1 Å². The zero-order valence-electron chi connectivity index (χ0n) is 12.3. The standard InChI is InChI=1S/C12H14N8O2S/c1-12(2)6(7-16-18-19-17-7)20-10(22)5(11(20)23-12)15-9(21)8-13-3-4-14-8/h3-6,11H,1-2H3,(H,13,14)(H,15,21)(H,16,17,18,19)/t5?,6?,11-/m1/s1. The van der Waals surface area contributed by atoms with Crippen molar-refractivity contribution >= 4 is 23.6 Å². The number of nitrogens with one attached hydrogen (secondary N) is 3. The molecule has 0 bridgehead atoms. The molecule has 0 aromatic carbocycles. The summed E-state index contributed by atoms with van der Waals surface area (Å²) in [5, 5.41) is 16.5. The molecule has 2 aliphatic heterocycles. The molecule has 2 aromatic rings. The van der Waals surface area contributed by atoms with Crippen LogP contribution < -0.4 is 5.32 Å². The SMILES string of the molecule is CC1(C)S[C@@H]2C(NC(=O)c3ncc[nH]3)C(=O)N2C1c1nnn[nH]1. The van der Waals surface area contributed by atoms with Crippen LogP contribution in [0, 0.1) is 0 Å². The number of fused-ring (bicyclic) bond motifs is 1. The second kappa shape index (κ2) is 4.78. The number of tetrazole rings is 1. The Morgan fingerprint density at radius 2 is 2.30 bits per heavy atom. The summed E-state index contributed by atoms with van der Waals surface area (Å²) in [5.74, 6) is 0.203. The van der Waals surface area contributed by atoms with Gasteiger partial charge in [-0.3, -0.25) is 9.59 Å². The number of amides is 2. The fourth-order valence-electron chi connectivity index (χ4n) is 3.07. The van der Waals surface area contributed by atoms with Crippen molar-refractivity contribution in [1.29, 1.82) is 0 Å². The number of imidazole rings is 1. The van der Waals surface area contributed by atoms with E-state index in [9.17, 15) is 9.59 Å². The van der Waals surface area contributed by atoms with Gasteiger partial charge in [0.1, 0.15) is 17.5 Å². The number of rotatable bonds is 3. The smallest absolute Gasteiger partial charge is 0.287 e. The summed E-state index contributed by atoms with van der Waals surface area (Å²) in [6.07, 6.45) is 3.05. The first-order valence-electron chi connectivity index (χ1n) is 7.03. The molecule has 4 heterocycles. The third-order valence-corrected chi connectivity index (χ3v) is 5.63. The Bertz CT molecular complexity index is 743. The molecule has 2 fully saturated rings. The van der Waals surface area contributed by atoms with Crippen LogP contribution in [0.1, 0.15) is 36.3 Å². The maximum atomic E-state index is 12.5. The highest BCUT2D eigenvalue weighted by atomic mass is 32.2. The Morgan fingerprint density at radius 1 is 1.48 bits per heavy atom. The monoisotopic (exact) mass is 334 g/mol. The second-order valence-electron chi connectivity index (χ2n) is 5.94. The molecule has 10 nitrogen and oxygen atoms in total. The van der Waals surface area contributed by atoms with Gasteiger partial charge in [0.25, 0.3) is 5.91 Å². The average molecular weight is 334 g/mol. The molecule has 3 N–H and O–H groups in total. The van der Waals surface area contributed by atoms with Gasteiger partial charge in [-0.1, -0.05) is 0 Å². The van der Waals surface area contributed by atoms with Gasteiger partial charge in [0.2, 0.25) is 5.91 Å². The van der Waals surface area contributed by atoms with E-state index < -0.39 is 11.9 Å². The van der Waals surface area contributed by atoms with Crippen molar-refractivity contribution in [1.82, 2.24) is 40.8 Å². The van der Waals surface area contributed by atoms with Crippen molar-refractivity contribution < 1.29 is 9.59 Å². The molecule has 0 saturated carbocycles. The lowest BCUT2D eigenvalue weighted by atomic mass is 9.95. The van der Waals surface area contributed by atoms with Crippen molar-refractivity contribution in [3.8, 4) is 0 Å². The minimum Gasteiger partial charge on any atom is -0.341 e. The second-order valence-corrected chi connectivity index (χ2v) is 7.71. The van der Waals surface area contributed by atoms with Crippen molar-refractivity contribution in [2.24, 2.45) is 0 Å². The average Bonchev–Trinajstić information content (AvgIpc) is 3.23.